The smallest absolute Gasteiger partial charge is 0.0907 e. The molecule has 1 N–H and O–H groups in total. The quantitative estimate of drug-likeness (QED) is 0.882. The largest absolute Gasteiger partial charge is 0.381 e. The van der Waals surface area contributed by atoms with Crippen molar-refractivity contribution in [2.24, 2.45) is 0 Å². The zero-order valence-corrected chi connectivity index (χ0v) is 10.8. The van der Waals surface area contributed by atoms with Gasteiger partial charge in [0.1, 0.15) is 0 Å². The van der Waals surface area contributed by atoms with Gasteiger partial charge in [-0.25, -0.2) is 4.98 Å². The third kappa shape index (κ3) is 2.04. The second kappa shape index (κ2) is 4.26. The Morgan fingerprint density at radius 1 is 1.44 bits per heavy atom. The number of anilines is 1. The van der Waals surface area contributed by atoms with Gasteiger partial charge in [0.05, 0.1) is 15.2 Å². The fraction of sp³-hybridized carbons (Fsp3) is 0.417. The van der Waals surface area contributed by atoms with Crippen LogP contribution in [0.5, 0.6) is 0 Å². The van der Waals surface area contributed by atoms with Gasteiger partial charge in [0.2, 0.25) is 0 Å². The number of nitrogens with one attached hydrogen (secondary N) is 1. The summed E-state index contributed by atoms with van der Waals surface area (Å²) in [6, 6.07) is 7.13. The number of hydrogen-bond acceptors (Lipinski definition) is 4. The summed E-state index contributed by atoms with van der Waals surface area (Å²) in [6.45, 7) is 2.06. The summed E-state index contributed by atoms with van der Waals surface area (Å²) in [7, 11) is 0. The molecule has 1 aromatic carbocycles. The maximum absolute atomic E-state index is 4.47. The average molecular weight is 250 g/mol. The molecule has 1 atom stereocenters. The first-order chi connectivity index (χ1) is 7.81. The van der Waals surface area contributed by atoms with Gasteiger partial charge in [0.25, 0.3) is 0 Å². The van der Waals surface area contributed by atoms with Crippen LogP contribution in [0.25, 0.3) is 10.2 Å². The fourth-order valence-electron chi connectivity index (χ4n) is 2.01. The van der Waals surface area contributed by atoms with Gasteiger partial charge in [-0.05, 0) is 37.3 Å². The van der Waals surface area contributed by atoms with E-state index in [2.05, 4.69) is 35.4 Å². The van der Waals surface area contributed by atoms with Crippen LogP contribution in [0.3, 0.4) is 0 Å². The first-order valence-corrected chi connectivity index (χ1v) is 7.50. The van der Waals surface area contributed by atoms with E-state index in [4.69, 9.17) is 0 Å². The van der Waals surface area contributed by atoms with Crippen LogP contribution in [-0.2, 0) is 0 Å². The van der Waals surface area contributed by atoms with Gasteiger partial charge in [-0.15, -0.1) is 11.3 Å². The number of nitrogens with zero attached hydrogens (tertiary/aromatic N) is 1. The van der Waals surface area contributed by atoms with Gasteiger partial charge in [-0.2, -0.15) is 11.8 Å². The molecule has 0 aliphatic carbocycles. The van der Waals surface area contributed by atoms with E-state index < -0.39 is 0 Å². The van der Waals surface area contributed by atoms with E-state index in [1.165, 1.54) is 28.3 Å². The lowest BCUT2D eigenvalue weighted by molar-refractivity contribution is 0.813. The van der Waals surface area contributed by atoms with Gasteiger partial charge < -0.3 is 5.32 Å². The van der Waals surface area contributed by atoms with Crippen LogP contribution in [-0.4, -0.2) is 22.5 Å². The Morgan fingerprint density at radius 2 is 2.38 bits per heavy atom. The van der Waals surface area contributed by atoms with E-state index in [1.54, 1.807) is 11.3 Å². The topological polar surface area (TPSA) is 24.9 Å². The molecule has 1 saturated heterocycles. The number of aryl methyl sites for hydroxylation is 1. The molecule has 2 nitrogen and oxygen atoms in total. The first kappa shape index (κ1) is 10.4. The van der Waals surface area contributed by atoms with E-state index >= 15 is 0 Å². The van der Waals surface area contributed by atoms with Crippen LogP contribution in [0, 0.1) is 6.92 Å². The van der Waals surface area contributed by atoms with Crippen LogP contribution >= 0.6 is 23.1 Å². The Labute approximate surface area is 103 Å². The zero-order valence-electron chi connectivity index (χ0n) is 9.19. The van der Waals surface area contributed by atoms with Gasteiger partial charge in [-0.3, -0.25) is 0 Å². The van der Waals surface area contributed by atoms with Crippen molar-refractivity contribution >= 4 is 39.0 Å². The Balaban J connectivity index is 1.86. The minimum Gasteiger partial charge on any atom is -0.381 e. The van der Waals surface area contributed by atoms with Gasteiger partial charge >= 0.3 is 0 Å². The molecule has 2 heterocycles. The molecule has 1 aromatic heterocycles. The minimum atomic E-state index is 0.650. The summed E-state index contributed by atoms with van der Waals surface area (Å²) in [6.07, 6.45) is 1.28. The number of thiazole rings is 1. The summed E-state index contributed by atoms with van der Waals surface area (Å²) < 4.78 is 1.29. The predicted octanol–water partition coefficient (Wildman–Crippen LogP) is 3.52. The Hall–Kier alpha value is -0.740. The highest BCUT2D eigenvalue weighted by atomic mass is 32.2. The van der Waals surface area contributed by atoms with Crippen LogP contribution in [0.2, 0.25) is 0 Å². The van der Waals surface area contributed by atoms with Crippen molar-refractivity contribution in [3.8, 4) is 0 Å². The molecule has 1 fully saturated rings. The average Bonchev–Trinajstić information content (AvgIpc) is 2.85. The van der Waals surface area contributed by atoms with Crippen molar-refractivity contribution < 1.29 is 0 Å². The molecule has 1 aliphatic heterocycles. The van der Waals surface area contributed by atoms with Gasteiger partial charge in [-0.1, -0.05) is 0 Å². The van der Waals surface area contributed by atoms with E-state index in [1.807, 2.05) is 11.8 Å². The molecule has 84 valence electrons. The Kier molecular flexibility index (Phi) is 2.77. The van der Waals surface area contributed by atoms with E-state index in [0.29, 0.717) is 6.04 Å². The molecule has 0 saturated carbocycles. The highest BCUT2D eigenvalue weighted by Crippen LogP contribution is 2.27. The molecule has 3 rings (SSSR count). The number of aromatic nitrogens is 1. The summed E-state index contributed by atoms with van der Waals surface area (Å²) in [5.74, 6) is 2.53. The SMILES string of the molecule is Cc1nc2ccc(NC3CCSC3)cc2s1. The van der Waals surface area contributed by atoms with Crippen molar-refractivity contribution in [2.45, 2.75) is 19.4 Å². The molecule has 0 amide bonds. The molecular formula is C12H14N2S2. The lowest BCUT2D eigenvalue weighted by Crippen LogP contribution is -2.17. The molecule has 4 heteroatoms. The Bertz CT molecular complexity index is 501. The van der Waals surface area contributed by atoms with Gasteiger partial charge in [0.15, 0.2) is 0 Å². The number of rotatable bonds is 2. The number of benzene rings is 1. The number of thioether (sulfide) groups is 1. The fourth-order valence-corrected chi connectivity index (χ4v) is 4.03. The van der Waals surface area contributed by atoms with Crippen molar-refractivity contribution in [3.63, 3.8) is 0 Å². The molecule has 1 aliphatic rings. The monoisotopic (exact) mass is 250 g/mol. The summed E-state index contributed by atoms with van der Waals surface area (Å²) in [5, 5.41) is 4.74. The summed E-state index contributed by atoms with van der Waals surface area (Å²) in [4.78, 5) is 4.47. The highest BCUT2D eigenvalue weighted by molar-refractivity contribution is 7.99. The van der Waals surface area contributed by atoms with E-state index in [0.717, 1.165) is 10.5 Å². The minimum absolute atomic E-state index is 0.650. The van der Waals surface area contributed by atoms with Crippen LogP contribution in [0.15, 0.2) is 18.2 Å². The van der Waals surface area contributed by atoms with Crippen molar-refractivity contribution in [2.75, 3.05) is 16.8 Å². The lowest BCUT2D eigenvalue weighted by Gasteiger charge is -2.12. The molecule has 2 aromatic rings. The Morgan fingerprint density at radius 3 is 3.19 bits per heavy atom. The predicted molar refractivity (Wildman–Crippen MR) is 73.7 cm³/mol. The summed E-state index contributed by atoms with van der Waals surface area (Å²) in [5.41, 5.74) is 2.36. The molecular weight excluding hydrogens is 236 g/mol. The normalized spacial score (nSPS) is 20.4. The third-order valence-electron chi connectivity index (χ3n) is 2.80. The second-order valence-corrected chi connectivity index (χ2v) is 6.50. The van der Waals surface area contributed by atoms with Crippen LogP contribution < -0.4 is 5.32 Å². The van der Waals surface area contributed by atoms with Crippen LogP contribution in [0.1, 0.15) is 11.4 Å². The zero-order chi connectivity index (χ0) is 11.0. The van der Waals surface area contributed by atoms with Crippen molar-refractivity contribution in [3.05, 3.63) is 23.2 Å². The summed E-state index contributed by atoms with van der Waals surface area (Å²) >= 11 is 3.80. The van der Waals surface area contributed by atoms with E-state index in [9.17, 15) is 0 Å². The molecule has 16 heavy (non-hydrogen) atoms. The van der Waals surface area contributed by atoms with Crippen molar-refractivity contribution in [1.82, 2.24) is 4.98 Å². The number of hydrogen-bond donors (Lipinski definition) is 1. The van der Waals surface area contributed by atoms with E-state index in [-0.39, 0.29) is 0 Å². The van der Waals surface area contributed by atoms with Crippen molar-refractivity contribution in [1.29, 1.82) is 0 Å². The van der Waals surface area contributed by atoms with Gasteiger partial charge in [0, 0.05) is 17.5 Å². The standard InChI is InChI=1S/C12H14N2S2/c1-8-13-11-3-2-9(6-12(11)16-8)14-10-4-5-15-7-10/h2-3,6,10,14H,4-5,7H2,1H3. The second-order valence-electron chi connectivity index (χ2n) is 4.12. The third-order valence-corrected chi connectivity index (χ3v) is 4.89. The molecule has 0 spiro atoms. The maximum atomic E-state index is 4.47. The molecule has 1 unspecified atom stereocenters. The molecule has 0 radical (unpaired) electrons. The maximum Gasteiger partial charge on any atom is 0.0907 e. The number of fused-ring (bicyclic) bond motifs is 1. The highest BCUT2D eigenvalue weighted by Gasteiger charge is 2.15. The molecule has 0 bridgehead atoms. The first-order valence-electron chi connectivity index (χ1n) is 5.53. The lowest BCUT2D eigenvalue weighted by atomic mass is 10.2. The van der Waals surface area contributed by atoms with Crippen LogP contribution in [0.4, 0.5) is 5.69 Å².